The Labute approximate surface area is 397 Å². The number of hydrazine groups is 1. The number of aromatic nitrogens is 1. The van der Waals surface area contributed by atoms with Gasteiger partial charge in [0.25, 0.3) is 5.91 Å². The number of carbonyl (C=O) groups excluding carboxylic acids is 5. The fourth-order valence-corrected chi connectivity index (χ4v) is 8.70. The Bertz CT molecular complexity index is 2260. The van der Waals surface area contributed by atoms with Crippen molar-refractivity contribution in [1.82, 2.24) is 35.9 Å². The molecule has 0 saturated carbocycles. The molecule has 1 saturated heterocycles. The second-order valence-corrected chi connectivity index (χ2v) is 18.0. The maximum atomic E-state index is 14.6. The van der Waals surface area contributed by atoms with Crippen LogP contribution in [0.1, 0.15) is 70.7 Å². The van der Waals surface area contributed by atoms with Crippen LogP contribution in [0, 0.1) is 17.9 Å². The van der Waals surface area contributed by atoms with Gasteiger partial charge in [-0.15, -0.1) is 17.2 Å². The van der Waals surface area contributed by atoms with Crippen LogP contribution in [0.3, 0.4) is 0 Å². The number of phenolic OH excluding ortho intramolecular Hbond substituents is 1. The van der Waals surface area contributed by atoms with Crippen LogP contribution in [-0.2, 0) is 65.1 Å². The van der Waals surface area contributed by atoms with Crippen LogP contribution in [0.2, 0.25) is 0 Å². The van der Waals surface area contributed by atoms with E-state index in [1.54, 1.807) is 33.1 Å². The van der Waals surface area contributed by atoms with Gasteiger partial charge in [-0.3, -0.25) is 30.8 Å². The van der Waals surface area contributed by atoms with Crippen molar-refractivity contribution in [2.24, 2.45) is 17.1 Å². The molecule has 18 heteroatoms. The number of fused-ring (bicyclic) bond motifs is 6. The van der Waals surface area contributed by atoms with Gasteiger partial charge in [0.15, 0.2) is 0 Å². The first kappa shape index (κ1) is 52.6. The van der Waals surface area contributed by atoms with Gasteiger partial charge in [-0.05, 0) is 90.0 Å². The number of urea groups is 1. The van der Waals surface area contributed by atoms with E-state index in [1.807, 2.05) is 39.0 Å². The average molecular weight is 960 g/mol. The van der Waals surface area contributed by atoms with Crippen LogP contribution < -0.4 is 27.1 Å². The third-order valence-electron chi connectivity index (χ3n) is 11.6. The minimum atomic E-state index is -1.19. The summed E-state index contributed by atoms with van der Waals surface area (Å²) < 4.78 is 13.6. The van der Waals surface area contributed by atoms with E-state index < -0.39 is 53.3 Å². The minimum Gasteiger partial charge on any atom is -0.508 e. The molecule has 1 aromatic heterocycles. The number of alkyl halides is 1. The summed E-state index contributed by atoms with van der Waals surface area (Å²) in [6, 6.07) is 7.62. The Morgan fingerprint density at radius 1 is 1.14 bits per heavy atom. The molecule has 356 valence electrons. The number of amides is 5. The van der Waals surface area contributed by atoms with Crippen molar-refractivity contribution in [3.8, 4) is 16.9 Å². The van der Waals surface area contributed by atoms with Gasteiger partial charge in [-0.2, -0.15) is 0 Å². The Morgan fingerprint density at radius 3 is 2.52 bits per heavy atom. The van der Waals surface area contributed by atoms with Crippen LogP contribution in [0.15, 0.2) is 48.2 Å². The standard InChI is InChI=1S/C47H64ClN8O8.Fe/c1-9-33(36(49)26-63-8)42-35-25-47(5,6)27-64-45(61)37-12-11-19-56(53-37)44(60)38(52-43(59)41(28(3)4)54(7)40(58)15-17-50-46(62)51-18-16-48)22-29-20-31(23-32(57)21-29)30-13-14-39(34(35)24-30)55(42)10-2;/h1,9,13-14,20-21,23-24,28,37-38,41,53,57H,10-12,15-19,22,25-27,49H2,2-8H3,(H,52,59)(H2,50,51,62);/q-1;/b36-33+;/t37-,38-,41-;/m0./s1. The first-order valence-electron chi connectivity index (χ1n) is 21.8. The Kier molecular flexibility index (Phi) is 18.9. The van der Waals surface area contributed by atoms with Crippen LogP contribution >= 0.6 is 11.6 Å². The molecule has 65 heavy (non-hydrogen) atoms. The van der Waals surface area contributed by atoms with Crippen molar-refractivity contribution in [2.45, 2.75) is 91.4 Å². The number of rotatable bonds is 14. The molecule has 3 aromatic rings. The number of esters is 1. The number of hydrogen-bond acceptors (Lipinski definition) is 10. The molecular formula is C47H64ClFeN8O8-. The molecule has 2 aromatic carbocycles. The fourth-order valence-electron chi connectivity index (χ4n) is 8.61. The van der Waals surface area contributed by atoms with Crippen molar-refractivity contribution in [3.63, 3.8) is 0 Å². The summed E-state index contributed by atoms with van der Waals surface area (Å²) in [6.45, 7) is 17.3. The molecule has 3 atom stereocenters. The number of ether oxygens (including phenoxy) is 2. The van der Waals surface area contributed by atoms with Crippen molar-refractivity contribution < 1.29 is 55.6 Å². The summed E-state index contributed by atoms with van der Waals surface area (Å²) in [5.41, 5.74) is 14.9. The monoisotopic (exact) mass is 959 g/mol. The minimum absolute atomic E-state index is 0. The zero-order valence-corrected chi connectivity index (χ0v) is 40.2. The van der Waals surface area contributed by atoms with E-state index in [2.05, 4.69) is 32.0 Å². The van der Waals surface area contributed by atoms with Gasteiger partial charge in [0.2, 0.25) is 11.8 Å². The Balaban J connectivity index is 0.00000925. The molecule has 0 radical (unpaired) electrons. The molecule has 16 nitrogen and oxygen atoms in total. The fraction of sp³-hybridized carbons (Fsp3) is 0.511. The van der Waals surface area contributed by atoms with Gasteiger partial charge in [0, 0.05) is 92.4 Å². The number of benzene rings is 2. The summed E-state index contributed by atoms with van der Waals surface area (Å²) in [5, 5.41) is 21.6. The third kappa shape index (κ3) is 12.9. The van der Waals surface area contributed by atoms with E-state index in [0.29, 0.717) is 48.2 Å². The number of aryl methyl sites for hydroxylation is 1. The van der Waals surface area contributed by atoms with Crippen LogP contribution in [-0.4, -0.2) is 120 Å². The summed E-state index contributed by atoms with van der Waals surface area (Å²) in [4.78, 5) is 69.4. The zero-order valence-electron chi connectivity index (χ0n) is 38.4. The molecule has 0 aliphatic carbocycles. The van der Waals surface area contributed by atoms with E-state index in [4.69, 9.17) is 33.4 Å². The SMILES string of the molecule is [CH-]=C/C(=C(\N)COC)c1c2c3cc(ccc3n1CC)-c1cc(O)cc(c1)C[C@H](NC(=O)[C@H](C(C)C)N(C)C(=O)CCNC(=O)NCCCl)C(=O)N1CCC[C@H](N1)C(=O)OCC(C)(C)C2.[Fe]. The molecular weight excluding hydrogens is 896 g/mol. The molecule has 1 fully saturated rings. The summed E-state index contributed by atoms with van der Waals surface area (Å²) in [7, 11) is 3.08. The van der Waals surface area contributed by atoms with Gasteiger partial charge >= 0.3 is 12.0 Å². The molecule has 6 bridgehead atoms. The van der Waals surface area contributed by atoms with Gasteiger partial charge in [0.05, 0.1) is 13.2 Å². The molecule has 2 aliphatic rings. The van der Waals surface area contributed by atoms with Gasteiger partial charge in [-0.1, -0.05) is 39.8 Å². The number of carbonyl (C=O) groups is 5. The number of phenols is 1. The number of hydrogen-bond donors (Lipinski definition) is 6. The van der Waals surface area contributed by atoms with E-state index in [1.165, 1.54) is 23.0 Å². The topological polar surface area (TPSA) is 210 Å². The number of allylic oxidation sites excluding steroid dienone is 2. The summed E-state index contributed by atoms with van der Waals surface area (Å²) in [6.07, 6.45) is 2.74. The van der Waals surface area contributed by atoms with E-state index in [9.17, 15) is 29.1 Å². The first-order chi connectivity index (χ1) is 30.4. The number of nitrogens with two attached hydrogens (primary N) is 1. The van der Waals surface area contributed by atoms with Gasteiger partial charge in [-0.25, -0.2) is 16.3 Å². The quantitative estimate of drug-likeness (QED) is 0.0442. The van der Waals surface area contributed by atoms with E-state index in [0.717, 1.165) is 27.7 Å². The van der Waals surface area contributed by atoms with Crippen molar-refractivity contribution >= 4 is 57.8 Å². The second kappa shape index (κ2) is 23.4. The van der Waals surface area contributed by atoms with Crippen LogP contribution in [0.5, 0.6) is 5.75 Å². The number of methoxy groups -OCH3 is 1. The molecule has 7 N–H and O–H groups in total. The number of aromatic hydroxyl groups is 1. The second-order valence-electron chi connectivity index (χ2n) is 17.6. The molecule has 5 amide bonds. The summed E-state index contributed by atoms with van der Waals surface area (Å²) >= 11 is 5.64. The van der Waals surface area contributed by atoms with Crippen LogP contribution in [0.25, 0.3) is 27.6 Å². The molecule has 3 heterocycles. The molecule has 5 rings (SSSR count). The smallest absolute Gasteiger partial charge is 0.324 e. The maximum absolute atomic E-state index is 14.6. The largest absolute Gasteiger partial charge is 0.508 e. The van der Waals surface area contributed by atoms with Crippen molar-refractivity contribution in [1.29, 1.82) is 0 Å². The normalized spacial score (nSPS) is 18.4. The first-order valence-corrected chi connectivity index (χ1v) is 22.4. The van der Waals surface area contributed by atoms with E-state index >= 15 is 0 Å². The number of cyclic esters (lactones) is 1. The number of halogens is 1. The Morgan fingerprint density at radius 2 is 1.86 bits per heavy atom. The van der Waals surface area contributed by atoms with Gasteiger partial charge < -0.3 is 45.7 Å². The molecule has 0 unspecified atom stereocenters. The third-order valence-corrected chi connectivity index (χ3v) is 11.8. The van der Waals surface area contributed by atoms with Crippen molar-refractivity contribution in [3.05, 3.63) is 71.6 Å². The molecule has 2 aliphatic heterocycles. The predicted molar refractivity (Wildman–Crippen MR) is 247 cm³/mol. The number of nitrogens with one attached hydrogen (secondary N) is 4. The Hall–Kier alpha value is -5.06. The van der Waals surface area contributed by atoms with E-state index in [-0.39, 0.29) is 80.3 Å². The van der Waals surface area contributed by atoms with Gasteiger partial charge in [0.1, 0.15) is 23.9 Å². The number of nitrogens with zero attached hydrogens (tertiary/aromatic N) is 3. The zero-order chi connectivity index (χ0) is 46.9. The van der Waals surface area contributed by atoms with Crippen molar-refractivity contribution in [2.75, 3.05) is 52.9 Å². The number of likely N-dealkylation sites (N-methyl/N-ethyl adjacent to an activating group) is 1. The summed E-state index contributed by atoms with van der Waals surface area (Å²) in [5.74, 6) is -2.17. The average Bonchev–Trinajstić information content (AvgIpc) is 3.54. The molecule has 0 spiro atoms. The van der Waals surface area contributed by atoms with Crippen LogP contribution in [0.4, 0.5) is 4.79 Å². The maximum Gasteiger partial charge on any atom is 0.324 e. The predicted octanol–water partition coefficient (Wildman–Crippen LogP) is 4.40.